The first kappa shape index (κ1) is 33.8. The van der Waals surface area contributed by atoms with Crippen LogP contribution in [0.1, 0.15) is 43.6 Å². The van der Waals surface area contributed by atoms with Crippen LogP contribution in [0.25, 0.3) is 0 Å². The van der Waals surface area contributed by atoms with Gasteiger partial charge in [-0.25, -0.2) is 9.59 Å². The van der Waals surface area contributed by atoms with E-state index in [2.05, 4.69) is 5.32 Å². The Morgan fingerprint density at radius 2 is 1.55 bits per heavy atom. The number of alkyl carbamates (subject to hydrolysis) is 1. The fraction of sp³-hybridized carbons (Fsp3) is 0.265. The molecule has 0 spiro atoms. The number of rotatable bonds is 9. The smallest absolute Gasteiger partial charge is 0.408 e. The number of esters is 1. The normalized spacial score (nSPS) is 19.7. The van der Waals surface area contributed by atoms with E-state index < -0.39 is 62.4 Å². The maximum Gasteiger partial charge on any atom is 0.408 e. The van der Waals surface area contributed by atoms with Crippen molar-refractivity contribution in [3.05, 3.63) is 125 Å². The van der Waals surface area contributed by atoms with Crippen LogP contribution in [-0.2, 0) is 44.5 Å². The molecule has 2 amide bonds. The summed E-state index contributed by atoms with van der Waals surface area (Å²) in [6, 6.07) is 22.8. The van der Waals surface area contributed by atoms with Gasteiger partial charge in [0.05, 0.1) is 0 Å². The first-order valence-corrected chi connectivity index (χ1v) is 17.4. The minimum Gasteiger partial charge on any atom is -0.614 e. The van der Waals surface area contributed by atoms with Crippen molar-refractivity contribution in [1.82, 2.24) is 10.2 Å². The fourth-order valence-electron chi connectivity index (χ4n) is 5.05. The maximum absolute atomic E-state index is 14.1. The third kappa shape index (κ3) is 7.70. The molecule has 5 rings (SSSR count). The third-order valence-corrected chi connectivity index (χ3v) is 10.0. The number of allylic oxidation sites excluding steroid dienone is 1. The Hall–Kier alpha value is -4.59. The molecule has 0 aromatic heterocycles. The van der Waals surface area contributed by atoms with Gasteiger partial charge in [-0.2, -0.15) is 8.42 Å². The molecule has 3 aromatic rings. The van der Waals surface area contributed by atoms with Gasteiger partial charge in [-0.1, -0.05) is 78.4 Å². The van der Waals surface area contributed by atoms with E-state index in [1.807, 2.05) is 19.1 Å². The quantitative estimate of drug-likeness (QED) is 0.112. The van der Waals surface area contributed by atoms with Gasteiger partial charge in [-0.05, 0) is 68.2 Å². The summed E-state index contributed by atoms with van der Waals surface area (Å²) in [5, 5.41) is 1.36. The average Bonchev–Trinajstić information content (AvgIpc) is 3.02. The summed E-state index contributed by atoms with van der Waals surface area (Å²) in [4.78, 5) is 41.0. The second-order valence-corrected chi connectivity index (χ2v) is 15.0. The predicted molar refractivity (Wildman–Crippen MR) is 173 cm³/mol. The molecule has 0 saturated carbocycles. The minimum absolute atomic E-state index is 0.0487. The van der Waals surface area contributed by atoms with Gasteiger partial charge in [0.25, 0.3) is 5.91 Å². The van der Waals surface area contributed by atoms with Crippen LogP contribution in [0.15, 0.2) is 113 Å². The molecule has 3 atom stereocenters. The van der Waals surface area contributed by atoms with E-state index in [0.717, 1.165) is 16.7 Å². The van der Waals surface area contributed by atoms with Crippen LogP contribution in [-0.4, -0.2) is 58.6 Å². The molecule has 1 fully saturated rings. The molecule has 0 aliphatic carbocycles. The standard InChI is InChI=1S/C34H34N2O9S2/c1-22-15-17-26(18-16-22)47(41,42)43-20-19-25-21-46(40)31-27(35-33(39)45-34(2,3)4)30(37)36(31)28(25)32(38)44-29(23-11-7-5-8-12-23)24-13-9-6-10-14-24/h5-20,27,29,31H,21H2,1-4H3,(H,35,39)/t27?,31-,46?/m0/s1. The van der Waals surface area contributed by atoms with Crippen LogP contribution in [0.5, 0.6) is 0 Å². The lowest BCUT2D eigenvalue weighted by atomic mass is 10.0. The van der Waals surface area contributed by atoms with E-state index in [0.29, 0.717) is 11.1 Å². The predicted octanol–water partition coefficient (Wildman–Crippen LogP) is 4.62. The number of fused-ring (bicyclic) bond motifs is 1. The Labute approximate surface area is 276 Å². The highest BCUT2D eigenvalue weighted by Gasteiger charge is 2.61. The summed E-state index contributed by atoms with van der Waals surface area (Å²) in [6.45, 7) is 6.79. The Kier molecular flexibility index (Phi) is 9.80. The van der Waals surface area contributed by atoms with Gasteiger partial charge in [0.1, 0.15) is 28.2 Å². The van der Waals surface area contributed by atoms with E-state index in [4.69, 9.17) is 13.7 Å². The highest BCUT2D eigenvalue weighted by Crippen LogP contribution is 2.39. The van der Waals surface area contributed by atoms with Crippen molar-refractivity contribution in [2.24, 2.45) is 0 Å². The summed E-state index contributed by atoms with van der Waals surface area (Å²) in [7, 11) is -4.22. The fourth-order valence-corrected chi connectivity index (χ4v) is 7.47. The number of nitrogens with one attached hydrogen (secondary N) is 1. The van der Waals surface area contributed by atoms with Gasteiger partial charge in [-0.15, -0.1) is 0 Å². The van der Waals surface area contributed by atoms with Gasteiger partial charge in [0.2, 0.25) is 5.37 Å². The van der Waals surface area contributed by atoms with E-state index in [9.17, 15) is 27.4 Å². The molecule has 2 unspecified atom stereocenters. The molecule has 2 aliphatic heterocycles. The third-order valence-electron chi connectivity index (χ3n) is 7.21. The Bertz CT molecular complexity index is 1760. The van der Waals surface area contributed by atoms with Gasteiger partial charge in [0, 0.05) is 5.57 Å². The Morgan fingerprint density at radius 1 is 0.979 bits per heavy atom. The minimum atomic E-state index is -4.22. The summed E-state index contributed by atoms with van der Waals surface area (Å²) in [5.74, 6) is -1.90. The van der Waals surface area contributed by atoms with E-state index in [-0.39, 0.29) is 21.9 Å². The first-order valence-electron chi connectivity index (χ1n) is 14.7. The number of amides is 2. The zero-order valence-corrected chi connectivity index (χ0v) is 27.7. The van der Waals surface area contributed by atoms with Gasteiger partial charge in [0.15, 0.2) is 12.1 Å². The van der Waals surface area contributed by atoms with E-state index in [1.54, 1.807) is 81.4 Å². The number of β-lactam (4-membered cyclic amide) rings is 1. The largest absolute Gasteiger partial charge is 0.614 e. The van der Waals surface area contributed by atoms with E-state index in [1.165, 1.54) is 18.2 Å². The molecule has 1 N–H and O–H groups in total. The number of carbonyl (C=O) groups excluding carboxylic acids is 3. The molecule has 0 radical (unpaired) electrons. The molecule has 13 heteroatoms. The number of nitrogens with zero attached hydrogens (tertiary/aromatic N) is 1. The lowest BCUT2D eigenvalue weighted by Gasteiger charge is -2.49. The molecule has 2 aliphatic rings. The molecule has 0 bridgehead atoms. The highest BCUT2D eigenvalue weighted by molar-refractivity contribution is 7.92. The molecule has 11 nitrogen and oxygen atoms in total. The molecule has 246 valence electrons. The van der Waals surface area contributed by atoms with Gasteiger partial charge in [-0.3, -0.25) is 9.69 Å². The van der Waals surface area contributed by atoms with Crippen molar-refractivity contribution < 1.29 is 41.0 Å². The number of carbonyl (C=O) groups is 3. The Balaban J connectivity index is 1.49. The average molecular weight is 679 g/mol. The topological polar surface area (TPSA) is 151 Å². The summed E-state index contributed by atoms with van der Waals surface area (Å²) in [6.07, 6.45) is 0.285. The zero-order valence-electron chi connectivity index (χ0n) is 26.1. The second-order valence-electron chi connectivity index (χ2n) is 11.9. The van der Waals surface area contributed by atoms with Crippen molar-refractivity contribution in [3.63, 3.8) is 0 Å². The van der Waals surface area contributed by atoms with Crippen LogP contribution >= 0.6 is 0 Å². The lowest BCUT2D eigenvalue weighted by molar-refractivity contribution is -0.154. The Morgan fingerprint density at radius 3 is 2.11 bits per heavy atom. The van der Waals surface area contributed by atoms with Crippen molar-refractivity contribution >= 4 is 39.3 Å². The monoisotopic (exact) mass is 678 g/mol. The SMILES string of the molecule is Cc1ccc(S(=O)(=O)OC=CC2=C(C(=O)OC(c3ccccc3)c3ccccc3)N3C(=O)C(NC(=O)OC(C)(C)C)[C@@H]3[S+]([O-])C2)cc1. The van der Waals surface area contributed by atoms with Gasteiger partial charge < -0.3 is 23.5 Å². The summed E-state index contributed by atoms with van der Waals surface area (Å²) in [5.41, 5.74) is 1.13. The number of ether oxygens (including phenoxy) is 2. The van der Waals surface area contributed by atoms with Gasteiger partial charge >= 0.3 is 22.2 Å². The van der Waals surface area contributed by atoms with Crippen molar-refractivity contribution in [2.75, 3.05) is 5.75 Å². The first-order chi connectivity index (χ1) is 22.2. The van der Waals surface area contributed by atoms with Crippen LogP contribution < -0.4 is 5.32 Å². The van der Waals surface area contributed by atoms with Crippen molar-refractivity contribution in [1.29, 1.82) is 0 Å². The molecular weight excluding hydrogens is 645 g/mol. The molecule has 47 heavy (non-hydrogen) atoms. The van der Waals surface area contributed by atoms with Crippen LogP contribution in [0, 0.1) is 6.92 Å². The zero-order chi connectivity index (χ0) is 33.9. The van der Waals surface area contributed by atoms with E-state index >= 15 is 0 Å². The summed E-state index contributed by atoms with van der Waals surface area (Å²) < 4.78 is 55.5. The van der Waals surface area contributed by atoms with Crippen molar-refractivity contribution in [2.45, 2.75) is 55.7 Å². The van der Waals surface area contributed by atoms with Crippen LogP contribution in [0.2, 0.25) is 0 Å². The molecule has 3 aromatic carbocycles. The highest BCUT2D eigenvalue weighted by atomic mass is 32.2. The van der Waals surface area contributed by atoms with Crippen LogP contribution in [0.4, 0.5) is 4.79 Å². The lowest BCUT2D eigenvalue weighted by Crippen LogP contribution is -2.75. The maximum atomic E-state index is 14.1. The number of benzene rings is 3. The molecule has 2 heterocycles. The summed E-state index contributed by atoms with van der Waals surface area (Å²) >= 11 is -1.82. The molecule has 1 saturated heterocycles. The molecular formula is C34H34N2O9S2. The number of hydrogen-bond donors (Lipinski definition) is 1. The second kappa shape index (κ2) is 13.6. The number of hydrogen-bond acceptors (Lipinski definition) is 9. The van der Waals surface area contributed by atoms with Crippen LogP contribution in [0.3, 0.4) is 0 Å². The number of aryl methyl sites for hydroxylation is 1. The van der Waals surface area contributed by atoms with Crippen molar-refractivity contribution in [3.8, 4) is 0 Å².